The summed E-state index contributed by atoms with van der Waals surface area (Å²) in [6.45, 7) is 3.12. The fourth-order valence-corrected chi connectivity index (χ4v) is 2.91. The van der Waals surface area contributed by atoms with Gasteiger partial charge in [-0.05, 0) is 13.8 Å². The minimum absolute atomic E-state index is 0.272. The van der Waals surface area contributed by atoms with Crippen LogP contribution in [-0.2, 0) is 19.1 Å². The molecule has 0 aliphatic carbocycles. The smallest absolute Gasteiger partial charge is 0.343 e. The second-order valence-electron chi connectivity index (χ2n) is 7.18. The quantitative estimate of drug-likeness (QED) is 0.160. The summed E-state index contributed by atoms with van der Waals surface area (Å²) in [5.74, 6) is -5.02. The summed E-state index contributed by atoms with van der Waals surface area (Å²) < 4.78 is 10.1. The highest BCUT2D eigenvalue weighted by molar-refractivity contribution is 5.83. The van der Waals surface area contributed by atoms with Crippen molar-refractivity contribution >= 4 is 11.8 Å². The molecule has 9 N–H and O–H groups in total. The molecule has 1 saturated heterocycles. The maximum atomic E-state index is 11.8. The maximum Gasteiger partial charge on any atom is 0.343 e. The first-order chi connectivity index (χ1) is 12.2. The summed E-state index contributed by atoms with van der Waals surface area (Å²) in [6.07, 6.45) is -6.86. The van der Waals surface area contributed by atoms with Crippen LogP contribution >= 0.6 is 0 Å². The Morgan fingerprint density at radius 1 is 1.30 bits per heavy atom. The van der Waals surface area contributed by atoms with Crippen LogP contribution in [0.3, 0.4) is 0 Å². The molecule has 0 aromatic heterocycles. The molecule has 1 rings (SSSR count). The van der Waals surface area contributed by atoms with Crippen LogP contribution < -0.4 is 11.5 Å². The number of hydrogen-bond donors (Lipinski definition) is 7. The Bertz CT molecular complexity index is 540. The van der Waals surface area contributed by atoms with Crippen molar-refractivity contribution in [1.82, 2.24) is 0 Å². The van der Waals surface area contributed by atoms with E-state index in [9.17, 15) is 35.1 Å². The normalized spacial score (nSPS) is 32.4. The predicted octanol–water partition coefficient (Wildman–Crippen LogP) is -3.30. The Labute approximate surface area is 156 Å². The van der Waals surface area contributed by atoms with Crippen LogP contribution in [0.5, 0.6) is 0 Å². The molecule has 158 valence electrons. The minimum atomic E-state index is -2.25. The number of rotatable bonds is 8. The third-order valence-electron chi connectivity index (χ3n) is 4.77. The minimum Gasteiger partial charge on any atom is -0.461 e. The zero-order chi connectivity index (χ0) is 21.2. The van der Waals surface area contributed by atoms with Crippen LogP contribution in [0, 0.1) is 5.92 Å². The van der Waals surface area contributed by atoms with E-state index in [1.807, 2.05) is 0 Å². The number of aliphatic hydroxyl groups is 5. The molecular weight excluding hydrogens is 364 g/mol. The lowest BCUT2D eigenvalue weighted by atomic mass is 9.81. The van der Waals surface area contributed by atoms with E-state index in [-0.39, 0.29) is 6.42 Å². The lowest BCUT2D eigenvalue weighted by Gasteiger charge is -2.44. The summed E-state index contributed by atoms with van der Waals surface area (Å²) in [5, 5.41) is 49.8. The van der Waals surface area contributed by atoms with Crippen molar-refractivity contribution in [3.05, 3.63) is 0 Å². The Morgan fingerprint density at radius 2 is 1.85 bits per heavy atom. The van der Waals surface area contributed by atoms with E-state index in [0.29, 0.717) is 0 Å². The largest absolute Gasteiger partial charge is 0.461 e. The molecule has 1 heterocycles. The molecule has 0 amide bonds. The van der Waals surface area contributed by atoms with Gasteiger partial charge in [-0.2, -0.15) is 0 Å². The Balaban J connectivity index is 2.80. The van der Waals surface area contributed by atoms with E-state index in [4.69, 9.17) is 20.9 Å². The molecule has 27 heavy (non-hydrogen) atoms. The topological polar surface area (TPSA) is 206 Å². The van der Waals surface area contributed by atoms with Crippen molar-refractivity contribution in [2.45, 2.75) is 75.6 Å². The van der Waals surface area contributed by atoms with Crippen LogP contribution in [0.2, 0.25) is 0 Å². The third kappa shape index (κ3) is 5.65. The van der Waals surface area contributed by atoms with Gasteiger partial charge in [-0.15, -0.1) is 0 Å². The van der Waals surface area contributed by atoms with Gasteiger partial charge in [0.05, 0.1) is 30.5 Å². The standard InChI is InChI=1S/C16H30N2O9/c1-7(19)13-11(23)5-15(25,8(2)20)27-12(13)4-10(22)6-26-14(24)16(17,18)9(3)21/h7,9-13,19,21-23,25H,4-6,17-18H2,1-3H3/t7-,9+,10+,11?,12?,13?,15?/m1/s1. The van der Waals surface area contributed by atoms with E-state index >= 15 is 0 Å². The maximum absolute atomic E-state index is 11.8. The van der Waals surface area contributed by atoms with Gasteiger partial charge < -0.3 is 46.5 Å². The highest BCUT2D eigenvalue weighted by Crippen LogP contribution is 2.36. The first-order valence-corrected chi connectivity index (χ1v) is 8.60. The van der Waals surface area contributed by atoms with Crippen molar-refractivity contribution in [1.29, 1.82) is 0 Å². The van der Waals surface area contributed by atoms with Gasteiger partial charge in [0.25, 0.3) is 0 Å². The Hall–Kier alpha value is -1.18. The number of hydrogen-bond acceptors (Lipinski definition) is 11. The molecule has 0 radical (unpaired) electrons. The number of nitrogens with two attached hydrogens (primary N) is 2. The van der Waals surface area contributed by atoms with Crippen molar-refractivity contribution in [2.75, 3.05) is 6.61 Å². The fraction of sp³-hybridized carbons (Fsp3) is 0.875. The van der Waals surface area contributed by atoms with Crippen LogP contribution in [0.25, 0.3) is 0 Å². The van der Waals surface area contributed by atoms with Gasteiger partial charge >= 0.3 is 5.97 Å². The molecule has 0 aromatic carbocycles. The third-order valence-corrected chi connectivity index (χ3v) is 4.77. The molecule has 7 atom stereocenters. The SMILES string of the molecule is CC(=O)C1(O)CC(O)C([C@@H](C)O)C(C[C@H](O)COC(=O)C(N)(N)[C@H](C)O)O1. The molecule has 0 aromatic rings. The fourth-order valence-electron chi connectivity index (χ4n) is 2.91. The van der Waals surface area contributed by atoms with Gasteiger partial charge in [0.2, 0.25) is 5.79 Å². The van der Waals surface area contributed by atoms with Crippen molar-refractivity contribution in [3.63, 3.8) is 0 Å². The Kier molecular flexibility index (Phi) is 7.85. The molecule has 1 aliphatic heterocycles. The molecular formula is C16H30N2O9. The summed E-state index contributed by atoms with van der Waals surface area (Å²) >= 11 is 0. The zero-order valence-electron chi connectivity index (χ0n) is 15.6. The lowest BCUT2D eigenvalue weighted by Crippen LogP contribution is -2.64. The molecule has 0 bridgehead atoms. The summed E-state index contributed by atoms with van der Waals surface area (Å²) in [7, 11) is 0. The average Bonchev–Trinajstić information content (AvgIpc) is 2.50. The van der Waals surface area contributed by atoms with Gasteiger partial charge in [-0.1, -0.05) is 0 Å². The molecule has 11 heteroatoms. The van der Waals surface area contributed by atoms with Crippen molar-refractivity contribution in [2.24, 2.45) is 17.4 Å². The highest BCUT2D eigenvalue weighted by Gasteiger charge is 2.50. The van der Waals surface area contributed by atoms with Gasteiger partial charge in [-0.25, -0.2) is 4.79 Å². The molecule has 0 spiro atoms. The van der Waals surface area contributed by atoms with Crippen LogP contribution in [-0.4, -0.2) is 85.9 Å². The number of Topliss-reactive ketones (excluding diaryl/α,β-unsaturated/α-hetero) is 1. The second kappa shape index (κ2) is 8.88. The lowest BCUT2D eigenvalue weighted by molar-refractivity contribution is -0.285. The number of carbonyl (C=O) groups excluding carboxylic acids is 2. The number of ether oxygens (including phenoxy) is 2. The van der Waals surface area contributed by atoms with Gasteiger partial charge in [0.15, 0.2) is 11.4 Å². The van der Waals surface area contributed by atoms with Crippen molar-refractivity contribution < 1.29 is 44.6 Å². The first kappa shape index (κ1) is 23.9. The monoisotopic (exact) mass is 394 g/mol. The molecule has 1 aliphatic rings. The molecule has 0 saturated carbocycles. The van der Waals surface area contributed by atoms with E-state index in [1.54, 1.807) is 0 Å². The number of esters is 1. The van der Waals surface area contributed by atoms with Crippen LogP contribution in [0.4, 0.5) is 0 Å². The predicted molar refractivity (Wildman–Crippen MR) is 90.7 cm³/mol. The van der Waals surface area contributed by atoms with Crippen molar-refractivity contribution in [3.8, 4) is 0 Å². The van der Waals surface area contributed by atoms with E-state index in [1.165, 1.54) is 13.8 Å². The Morgan fingerprint density at radius 3 is 2.30 bits per heavy atom. The van der Waals surface area contributed by atoms with Gasteiger partial charge in [0.1, 0.15) is 6.61 Å². The first-order valence-electron chi connectivity index (χ1n) is 8.60. The van der Waals surface area contributed by atoms with Crippen LogP contribution in [0.15, 0.2) is 0 Å². The number of carbonyl (C=O) groups is 2. The summed E-state index contributed by atoms with van der Waals surface area (Å²) in [4.78, 5) is 23.4. The molecule has 1 fully saturated rings. The molecule has 4 unspecified atom stereocenters. The average molecular weight is 394 g/mol. The number of aliphatic hydroxyl groups excluding tert-OH is 4. The molecule has 11 nitrogen and oxygen atoms in total. The highest BCUT2D eigenvalue weighted by atomic mass is 16.6. The van der Waals surface area contributed by atoms with Gasteiger partial charge in [0, 0.05) is 25.7 Å². The van der Waals surface area contributed by atoms with E-state index in [0.717, 1.165) is 6.92 Å². The number of ketones is 1. The van der Waals surface area contributed by atoms with Gasteiger partial charge in [-0.3, -0.25) is 4.79 Å². The summed E-state index contributed by atoms with van der Waals surface area (Å²) in [6, 6.07) is 0. The zero-order valence-corrected chi connectivity index (χ0v) is 15.6. The van der Waals surface area contributed by atoms with E-state index < -0.39 is 72.7 Å². The summed E-state index contributed by atoms with van der Waals surface area (Å²) in [5.41, 5.74) is 8.71. The van der Waals surface area contributed by atoms with Crippen LogP contribution in [0.1, 0.15) is 33.6 Å². The second-order valence-corrected chi connectivity index (χ2v) is 7.18. The van der Waals surface area contributed by atoms with E-state index in [2.05, 4.69) is 0 Å².